The lowest BCUT2D eigenvalue weighted by atomic mass is 9.50. The average Bonchev–Trinajstić information content (AvgIpc) is 3.33. The van der Waals surface area contributed by atoms with Gasteiger partial charge >= 0.3 is 5.97 Å². The number of ether oxygens (including phenoxy) is 5. The number of hydrogen-bond donors (Lipinski definition) is 0. The molecule has 4 atom stereocenters. The molecule has 2 heterocycles. The molecule has 6 nitrogen and oxygen atoms in total. The fourth-order valence-electron chi connectivity index (χ4n) is 6.87. The van der Waals surface area contributed by atoms with Gasteiger partial charge in [0.05, 0.1) is 16.6 Å². The van der Waals surface area contributed by atoms with Crippen LogP contribution in [0.15, 0.2) is 0 Å². The summed E-state index contributed by atoms with van der Waals surface area (Å²) in [6.07, 6.45) is 9.81. The van der Waals surface area contributed by atoms with E-state index >= 15 is 0 Å². The van der Waals surface area contributed by atoms with E-state index in [-0.39, 0.29) is 29.8 Å². The maximum Gasteiger partial charge on any atom is 0.312 e. The van der Waals surface area contributed by atoms with Crippen LogP contribution >= 0.6 is 0 Å². The van der Waals surface area contributed by atoms with Gasteiger partial charge in [-0.1, -0.05) is 6.92 Å². The van der Waals surface area contributed by atoms with Gasteiger partial charge in [0.1, 0.15) is 5.60 Å². The Hall–Kier alpha value is -0.690. The molecule has 2 aliphatic heterocycles. The molecule has 6 heteroatoms. The van der Waals surface area contributed by atoms with Crippen molar-refractivity contribution in [2.24, 2.45) is 11.3 Å². The summed E-state index contributed by atoms with van der Waals surface area (Å²) in [6.45, 7) is 7.55. The summed E-state index contributed by atoms with van der Waals surface area (Å²) < 4.78 is 31.5. The van der Waals surface area contributed by atoms with Gasteiger partial charge in [-0.05, 0) is 58.3 Å². The zero-order valence-corrected chi connectivity index (χ0v) is 18.9. The van der Waals surface area contributed by atoms with Crippen LogP contribution in [0.4, 0.5) is 0 Å². The summed E-state index contributed by atoms with van der Waals surface area (Å²) in [6, 6.07) is 0. The first-order chi connectivity index (χ1) is 14.3. The second-order valence-corrected chi connectivity index (χ2v) is 11.3. The predicted octanol–water partition coefficient (Wildman–Crippen LogP) is 4.49. The number of rotatable bonds is 7. The summed E-state index contributed by atoms with van der Waals surface area (Å²) >= 11 is 0. The van der Waals surface area contributed by atoms with Crippen molar-refractivity contribution in [3.8, 4) is 0 Å². The molecule has 0 radical (unpaired) electrons. The Morgan fingerprint density at radius 3 is 1.87 bits per heavy atom. The lowest BCUT2D eigenvalue weighted by Crippen LogP contribution is -2.69. The molecule has 2 saturated heterocycles. The molecule has 4 saturated carbocycles. The topological polar surface area (TPSA) is 63.2 Å². The molecule has 0 aromatic heterocycles. The van der Waals surface area contributed by atoms with Crippen molar-refractivity contribution < 1.29 is 28.5 Å². The van der Waals surface area contributed by atoms with Crippen LogP contribution in [0.5, 0.6) is 0 Å². The molecule has 6 aliphatic rings. The molecule has 30 heavy (non-hydrogen) atoms. The second kappa shape index (κ2) is 7.43. The summed E-state index contributed by atoms with van der Waals surface area (Å²) in [5, 5.41) is 0. The van der Waals surface area contributed by atoms with Crippen molar-refractivity contribution in [2.45, 2.75) is 121 Å². The Labute approximate surface area is 180 Å². The summed E-state index contributed by atoms with van der Waals surface area (Å²) in [4.78, 5) is 13.1. The van der Waals surface area contributed by atoms with Gasteiger partial charge in [0.2, 0.25) is 0 Å². The number of hydrogen-bond acceptors (Lipinski definition) is 6. The van der Waals surface area contributed by atoms with Crippen LogP contribution in [0.2, 0.25) is 0 Å². The van der Waals surface area contributed by atoms with E-state index in [1.54, 1.807) is 0 Å². The van der Waals surface area contributed by atoms with Crippen molar-refractivity contribution in [3.63, 3.8) is 0 Å². The van der Waals surface area contributed by atoms with Gasteiger partial charge in [0.25, 0.3) is 0 Å². The molecule has 170 valence electrons. The van der Waals surface area contributed by atoms with Crippen LogP contribution in [0.25, 0.3) is 0 Å². The first-order valence-electron chi connectivity index (χ1n) is 12.1. The van der Waals surface area contributed by atoms with Crippen LogP contribution in [0.3, 0.4) is 0 Å². The van der Waals surface area contributed by atoms with Gasteiger partial charge in [0.15, 0.2) is 12.6 Å². The minimum Gasteiger partial charge on any atom is -0.458 e. The van der Waals surface area contributed by atoms with E-state index in [9.17, 15) is 4.79 Å². The van der Waals surface area contributed by atoms with Gasteiger partial charge in [0, 0.05) is 45.3 Å². The SMILES string of the molecule is CCC(C)(C)C(=O)OC12CC3CC(OC4CCCO4)(C1)CC(OC1CCCO1)(C3)C2. The first kappa shape index (κ1) is 21.2. The Kier molecular flexibility index (Phi) is 5.24. The maximum atomic E-state index is 13.1. The van der Waals surface area contributed by atoms with E-state index < -0.39 is 11.0 Å². The lowest BCUT2D eigenvalue weighted by Gasteiger charge is -2.65. The van der Waals surface area contributed by atoms with Crippen molar-refractivity contribution in [3.05, 3.63) is 0 Å². The monoisotopic (exact) mass is 422 g/mol. The third-order valence-corrected chi connectivity index (χ3v) is 8.20. The molecular weight excluding hydrogens is 384 g/mol. The van der Waals surface area contributed by atoms with Gasteiger partial charge < -0.3 is 23.7 Å². The van der Waals surface area contributed by atoms with Crippen LogP contribution < -0.4 is 0 Å². The van der Waals surface area contributed by atoms with Crippen molar-refractivity contribution in [1.29, 1.82) is 0 Å². The molecule has 0 aromatic carbocycles. The average molecular weight is 423 g/mol. The molecule has 4 bridgehead atoms. The largest absolute Gasteiger partial charge is 0.458 e. The van der Waals surface area contributed by atoms with Gasteiger partial charge in [-0.25, -0.2) is 0 Å². The van der Waals surface area contributed by atoms with Gasteiger partial charge in [-0.2, -0.15) is 0 Å². The van der Waals surface area contributed by atoms with Crippen LogP contribution in [0, 0.1) is 11.3 Å². The summed E-state index contributed by atoms with van der Waals surface area (Å²) in [5.41, 5.74) is -1.64. The Balaban J connectivity index is 1.43. The highest BCUT2D eigenvalue weighted by Gasteiger charge is 2.67. The second-order valence-electron chi connectivity index (χ2n) is 11.3. The summed E-state index contributed by atoms with van der Waals surface area (Å²) in [7, 11) is 0. The third kappa shape index (κ3) is 3.82. The highest BCUT2D eigenvalue weighted by atomic mass is 16.7. The van der Waals surface area contributed by atoms with Gasteiger partial charge in [-0.3, -0.25) is 4.79 Å². The Morgan fingerprint density at radius 2 is 1.40 bits per heavy atom. The highest BCUT2D eigenvalue weighted by Crippen LogP contribution is 2.64. The quantitative estimate of drug-likeness (QED) is 0.564. The van der Waals surface area contributed by atoms with Crippen molar-refractivity contribution >= 4 is 5.97 Å². The number of esters is 1. The third-order valence-electron chi connectivity index (χ3n) is 8.20. The minimum atomic E-state index is -0.500. The fourth-order valence-corrected chi connectivity index (χ4v) is 6.87. The highest BCUT2D eigenvalue weighted by molar-refractivity contribution is 5.76. The zero-order valence-electron chi connectivity index (χ0n) is 18.9. The number of carbonyl (C=O) groups excluding carboxylic acids is 1. The summed E-state index contributed by atoms with van der Waals surface area (Å²) in [5.74, 6) is 0.355. The molecular formula is C24H38O6. The molecule has 0 N–H and O–H groups in total. The smallest absolute Gasteiger partial charge is 0.312 e. The molecule has 0 amide bonds. The molecule has 6 fully saturated rings. The van der Waals surface area contributed by atoms with E-state index in [2.05, 4.69) is 0 Å². The zero-order chi connectivity index (χ0) is 21.0. The fraction of sp³-hybridized carbons (Fsp3) is 0.958. The molecule has 4 aliphatic carbocycles. The maximum absolute atomic E-state index is 13.1. The van der Waals surface area contributed by atoms with Crippen LogP contribution in [0.1, 0.15) is 91.4 Å². The van der Waals surface area contributed by atoms with Gasteiger partial charge in [-0.15, -0.1) is 0 Å². The standard InChI is InChI=1S/C24H38O6/c1-4-21(2,3)20(25)30-24-13-17-11-22(15-24,28-18-7-5-9-26-18)14-23(12-17,16-24)29-19-8-6-10-27-19/h17-19H,4-16H2,1-3H3. The van der Waals surface area contributed by atoms with Crippen LogP contribution in [-0.4, -0.2) is 48.6 Å². The van der Waals surface area contributed by atoms with E-state index in [0.29, 0.717) is 5.92 Å². The van der Waals surface area contributed by atoms with Crippen LogP contribution in [-0.2, 0) is 28.5 Å². The first-order valence-corrected chi connectivity index (χ1v) is 12.1. The molecule has 0 aromatic rings. The van der Waals surface area contributed by atoms with Crippen molar-refractivity contribution in [2.75, 3.05) is 13.2 Å². The lowest BCUT2D eigenvalue weighted by molar-refractivity contribution is -0.331. The molecule has 4 unspecified atom stereocenters. The predicted molar refractivity (Wildman–Crippen MR) is 110 cm³/mol. The normalized spacial score (nSPS) is 45.2. The molecule has 0 spiro atoms. The van der Waals surface area contributed by atoms with E-state index in [4.69, 9.17) is 23.7 Å². The van der Waals surface area contributed by atoms with E-state index in [1.165, 1.54) is 0 Å². The number of carbonyl (C=O) groups is 1. The Morgan fingerprint density at radius 1 is 0.900 bits per heavy atom. The van der Waals surface area contributed by atoms with Crippen molar-refractivity contribution in [1.82, 2.24) is 0 Å². The van der Waals surface area contributed by atoms with E-state index in [1.807, 2.05) is 20.8 Å². The molecule has 6 rings (SSSR count). The van der Waals surface area contributed by atoms with E-state index in [0.717, 1.165) is 83.8 Å². The Bertz CT molecular complexity index is 629. The minimum absolute atomic E-state index is 0.0912.